The van der Waals surface area contributed by atoms with E-state index >= 15 is 0 Å². The zero-order chi connectivity index (χ0) is 16.7. The fourth-order valence-corrected chi connectivity index (χ4v) is 2.63. The zero-order valence-corrected chi connectivity index (χ0v) is 13.5. The summed E-state index contributed by atoms with van der Waals surface area (Å²) in [6.45, 7) is 4.04. The molecule has 0 spiro atoms. The molecule has 0 aliphatic heterocycles. The lowest BCUT2D eigenvalue weighted by Gasteiger charge is -2.33. The fourth-order valence-electron chi connectivity index (χ4n) is 2.63. The van der Waals surface area contributed by atoms with Crippen molar-refractivity contribution < 1.29 is 9.59 Å². The van der Waals surface area contributed by atoms with Gasteiger partial charge in [-0.25, -0.2) is 4.79 Å². The van der Waals surface area contributed by atoms with Crippen LogP contribution in [-0.4, -0.2) is 18.4 Å². The van der Waals surface area contributed by atoms with Gasteiger partial charge in [0.15, 0.2) is 11.3 Å². The highest BCUT2D eigenvalue weighted by atomic mass is 16.2. The van der Waals surface area contributed by atoms with Crippen molar-refractivity contribution in [2.45, 2.75) is 25.8 Å². The molecule has 2 N–H and O–H groups in total. The lowest BCUT2D eigenvalue weighted by Crippen LogP contribution is -2.54. The molecule has 0 aromatic heterocycles. The molecular formula is C19H22N2O2. The van der Waals surface area contributed by atoms with Gasteiger partial charge in [-0.2, -0.15) is 0 Å². The van der Waals surface area contributed by atoms with Gasteiger partial charge in [0.1, 0.15) is 0 Å². The molecular weight excluding hydrogens is 288 g/mol. The standard InChI is InChI=1S/C19H22N2O2/c1-3-14-20-18(23)21-19(15(2)22,16-10-6-4-7-11-16)17-12-8-5-9-13-17/h4-13H,3,14H2,1-2H3,(H2,20,21,23). The summed E-state index contributed by atoms with van der Waals surface area (Å²) in [6.07, 6.45) is 0.831. The van der Waals surface area contributed by atoms with Gasteiger partial charge in [0.05, 0.1) is 0 Å². The third kappa shape index (κ3) is 3.59. The molecule has 2 rings (SSSR count). The van der Waals surface area contributed by atoms with Crippen molar-refractivity contribution in [2.75, 3.05) is 6.54 Å². The van der Waals surface area contributed by atoms with E-state index < -0.39 is 5.54 Å². The summed E-state index contributed by atoms with van der Waals surface area (Å²) in [4.78, 5) is 24.9. The minimum atomic E-state index is -1.19. The molecule has 23 heavy (non-hydrogen) atoms. The minimum Gasteiger partial charge on any atom is -0.338 e. The van der Waals surface area contributed by atoms with E-state index in [0.29, 0.717) is 6.54 Å². The second kappa shape index (κ2) is 7.58. The molecule has 0 saturated heterocycles. The van der Waals surface area contributed by atoms with Crippen LogP contribution in [-0.2, 0) is 10.3 Å². The van der Waals surface area contributed by atoms with Crippen molar-refractivity contribution >= 4 is 11.8 Å². The lowest BCUT2D eigenvalue weighted by atomic mass is 9.79. The summed E-state index contributed by atoms with van der Waals surface area (Å²) in [5.41, 5.74) is 0.288. The monoisotopic (exact) mass is 310 g/mol. The van der Waals surface area contributed by atoms with Gasteiger partial charge >= 0.3 is 6.03 Å². The van der Waals surface area contributed by atoms with Crippen LogP contribution in [0.5, 0.6) is 0 Å². The SMILES string of the molecule is CCCNC(=O)NC(C(C)=O)(c1ccccc1)c1ccccc1. The Morgan fingerprint density at radius 3 is 1.78 bits per heavy atom. The third-order valence-corrected chi connectivity index (χ3v) is 3.78. The lowest BCUT2D eigenvalue weighted by molar-refractivity contribution is -0.121. The summed E-state index contributed by atoms with van der Waals surface area (Å²) in [6, 6.07) is 18.3. The number of amides is 2. The highest BCUT2D eigenvalue weighted by molar-refractivity contribution is 5.95. The Labute approximate surface area is 136 Å². The van der Waals surface area contributed by atoms with Crippen molar-refractivity contribution in [3.05, 3.63) is 71.8 Å². The number of Topliss-reactive ketones (excluding diaryl/α,β-unsaturated/α-hetero) is 1. The van der Waals surface area contributed by atoms with Crippen molar-refractivity contribution in [3.8, 4) is 0 Å². The van der Waals surface area contributed by atoms with Crippen LogP contribution in [0.3, 0.4) is 0 Å². The van der Waals surface area contributed by atoms with Gasteiger partial charge in [-0.15, -0.1) is 0 Å². The number of carbonyl (C=O) groups is 2. The number of hydrogen-bond acceptors (Lipinski definition) is 2. The number of nitrogens with one attached hydrogen (secondary N) is 2. The Balaban J connectivity index is 2.52. The van der Waals surface area contributed by atoms with Crippen LogP contribution < -0.4 is 10.6 Å². The third-order valence-electron chi connectivity index (χ3n) is 3.78. The van der Waals surface area contributed by atoms with E-state index in [1.165, 1.54) is 6.92 Å². The van der Waals surface area contributed by atoms with Crippen molar-refractivity contribution in [1.82, 2.24) is 10.6 Å². The molecule has 0 saturated carbocycles. The number of benzene rings is 2. The highest BCUT2D eigenvalue weighted by Crippen LogP contribution is 2.30. The molecule has 0 aliphatic carbocycles. The quantitative estimate of drug-likeness (QED) is 0.860. The first kappa shape index (κ1) is 16.7. The van der Waals surface area contributed by atoms with Gasteiger partial charge in [0, 0.05) is 6.54 Å². The molecule has 0 aliphatic rings. The molecule has 0 heterocycles. The number of urea groups is 1. The van der Waals surface area contributed by atoms with Crippen LogP contribution in [0.1, 0.15) is 31.4 Å². The van der Waals surface area contributed by atoms with Gasteiger partial charge in [-0.05, 0) is 24.5 Å². The van der Waals surface area contributed by atoms with Gasteiger partial charge in [0.2, 0.25) is 0 Å². The maximum absolute atomic E-state index is 12.6. The van der Waals surface area contributed by atoms with Crippen LogP contribution in [0, 0.1) is 0 Å². The van der Waals surface area contributed by atoms with E-state index in [1.54, 1.807) is 0 Å². The smallest absolute Gasteiger partial charge is 0.316 e. The van der Waals surface area contributed by atoms with Gasteiger partial charge in [-0.1, -0.05) is 67.6 Å². The number of rotatable bonds is 6. The summed E-state index contributed by atoms with van der Waals surface area (Å²) >= 11 is 0. The Bertz CT molecular complexity index is 614. The van der Waals surface area contributed by atoms with E-state index in [0.717, 1.165) is 17.5 Å². The maximum Gasteiger partial charge on any atom is 0.316 e. The molecule has 120 valence electrons. The Morgan fingerprint density at radius 1 is 0.913 bits per heavy atom. The number of carbonyl (C=O) groups excluding carboxylic acids is 2. The van der Waals surface area contributed by atoms with Crippen molar-refractivity contribution in [3.63, 3.8) is 0 Å². The van der Waals surface area contributed by atoms with E-state index in [1.807, 2.05) is 67.6 Å². The minimum absolute atomic E-state index is 0.137. The summed E-state index contributed by atoms with van der Waals surface area (Å²) in [5.74, 6) is -0.137. The molecule has 2 amide bonds. The molecule has 4 heteroatoms. The van der Waals surface area contributed by atoms with Gasteiger partial charge in [0.25, 0.3) is 0 Å². The fraction of sp³-hybridized carbons (Fsp3) is 0.263. The predicted molar refractivity (Wildman–Crippen MR) is 91.2 cm³/mol. The molecule has 0 unspecified atom stereocenters. The maximum atomic E-state index is 12.6. The van der Waals surface area contributed by atoms with Crippen molar-refractivity contribution in [1.29, 1.82) is 0 Å². The molecule has 0 bridgehead atoms. The average Bonchev–Trinajstić information content (AvgIpc) is 2.59. The molecule has 2 aromatic carbocycles. The van der Waals surface area contributed by atoms with E-state index in [2.05, 4.69) is 10.6 Å². The Kier molecular flexibility index (Phi) is 5.52. The van der Waals surface area contributed by atoms with Crippen LogP contribution in [0.2, 0.25) is 0 Å². The molecule has 2 aromatic rings. The molecule has 0 fully saturated rings. The van der Waals surface area contributed by atoms with Gasteiger partial charge in [-0.3, -0.25) is 4.79 Å². The second-order valence-electron chi connectivity index (χ2n) is 5.42. The van der Waals surface area contributed by atoms with Gasteiger partial charge < -0.3 is 10.6 Å². The molecule has 0 atom stereocenters. The first-order valence-corrected chi connectivity index (χ1v) is 7.79. The average molecular weight is 310 g/mol. The largest absolute Gasteiger partial charge is 0.338 e. The first-order chi connectivity index (χ1) is 11.1. The summed E-state index contributed by atoms with van der Waals surface area (Å²) in [5, 5.41) is 5.68. The highest BCUT2D eigenvalue weighted by Gasteiger charge is 2.40. The summed E-state index contributed by atoms with van der Waals surface area (Å²) < 4.78 is 0. The van der Waals surface area contributed by atoms with Crippen LogP contribution in [0.15, 0.2) is 60.7 Å². The second-order valence-corrected chi connectivity index (χ2v) is 5.42. The Hall–Kier alpha value is -2.62. The van der Waals surface area contributed by atoms with Crippen LogP contribution in [0.4, 0.5) is 4.79 Å². The first-order valence-electron chi connectivity index (χ1n) is 7.79. The van der Waals surface area contributed by atoms with E-state index in [4.69, 9.17) is 0 Å². The predicted octanol–water partition coefficient (Wildman–Crippen LogP) is 3.23. The van der Waals surface area contributed by atoms with E-state index in [-0.39, 0.29) is 11.8 Å². The number of hydrogen-bond donors (Lipinski definition) is 2. The van der Waals surface area contributed by atoms with Crippen molar-refractivity contribution in [2.24, 2.45) is 0 Å². The molecule has 4 nitrogen and oxygen atoms in total. The molecule has 0 radical (unpaired) electrons. The zero-order valence-electron chi connectivity index (χ0n) is 13.5. The van der Waals surface area contributed by atoms with Crippen LogP contribution >= 0.6 is 0 Å². The normalized spacial score (nSPS) is 10.9. The summed E-state index contributed by atoms with van der Waals surface area (Å²) in [7, 11) is 0. The number of ketones is 1. The Morgan fingerprint density at radius 2 is 1.39 bits per heavy atom. The van der Waals surface area contributed by atoms with Crippen LogP contribution in [0.25, 0.3) is 0 Å². The van der Waals surface area contributed by atoms with E-state index in [9.17, 15) is 9.59 Å². The topological polar surface area (TPSA) is 58.2 Å².